The molecule has 0 rings (SSSR count). The molecular formula is C25H49N13O7. The fourth-order valence-electron chi connectivity index (χ4n) is 3.92. The molecule has 0 aliphatic heterocycles. The molecule has 256 valence electrons. The number of hydrogen-bond donors (Lipinski definition) is 12. The highest BCUT2D eigenvalue weighted by atomic mass is 16.4. The van der Waals surface area contributed by atoms with Gasteiger partial charge in [-0.3, -0.25) is 34.0 Å². The average molecular weight is 644 g/mol. The number of rotatable bonds is 24. The van der Waals surface area contributed by atoms with Crippen LogP contribution in [0.15, 0.2) is 9.98 Å². The van der Waals surface area contributed by atoms with E-state index < -0.39 is 59.7 Å². The van der Waals surface area contributed by atoms with Crippen LogP contribution in [-0.2, 0) is 28.8 Å². The molecule has 4 atom stereocenters. The smallest absolute Gasteiger partial charge is 0.326 e. The third kappa shape index (κ3) is 19.2. The Kier molecular flexibility index (Phi) is 20.4. The van der Waals surface area contributed by atoms with Gasteiger partial charge in [-0.1, -0.05) is 0 Å². The zero-order valence-electron chi connectivity index (χ0n) is 25.3. The molecule has 0 aliphatic rings. The van der Waals surface area contributed by atoms with Crippen LogP contribution >= 0.6 is 0 Å². The zero-order chi connectivity index (χ0) is 34.4. The third-order valence-electron chi connectivity index (χ3n) is 6.23. The van der Waals surface area contributed by atoms with Crippen molar-refractivity contribution in [1.29, 1.82) is 0 Å². The van der Waals surface area contributed by atoms with Gasteiger partial charge in [-0.2, -0.15) is 0 Å². The van der Waals surface area contributed by atoms with E-state index in [2.05, 4.69) is 31.3 Å². The lowest BCUT2D eigenvalue weighted by Crippen LogP contribution is -2.58. The number of aliphatic imine (C=N–C) groups is 2. The van der Waals surface area contributed by atoms with E-state index in [1.807, 2.05) is 0 Å². The summed E-state index contributed by atoms with van der Waals surface area (Å²) in [6.45, 7) is 0.194. The predicted octanol–water partition coefficient (Wildman–Crippen LogP) is -5.53. The summed E-state index contributed by atoms with van der Waals surface area (Å²) in [6, 6.07) is -5.06. The van der Waals surface area contributed by atoms with Gasteiger partial charge >= 0.3 is 5.97 Å². The van der Waals surface area contributed by atoms with Crippen LogP contribution < -0.4 is 61.4 Å². The van der Waals surface area contributed by atoms with E-state index >= 15 is 0 Å². The number of guanidine groups is 2. The maximum atomic E-state index is 13.4. The molecule has 20 nitrogen and oxygen atoms in total. The van der Waals surface area contributed by atoms with Crippen molar-refractivity contribution in [1.82, 2.24) is 21.3 Å². The second kappa shape index (κ2) is 22.8. The van der Waals surface area contributed by atoms with E-state index in [0.717, 1.165) is 0 Å². The number of carboxylic acids is 1. The van der Waals surface area contributed by atoms with Crippen molar-refractivity contribution in [3.05, 3.63) is 0 Å². The van der Waals surface area contributed by atoms with Crippen molar-refractivity contribution < 1.29 is 33.9 Å². The van der Waals surface area contributed by atoms with Crippen LogP contribution in [0.5, 0.6) is 0 Å². The van der Waals surface area contributed by atoms with E-state index in [1.165, 1.54) is 0 Å². The Labute approximate surface area is 261 Å². The minimum absolute atomic E-state index is 0.0239. The second-order valence-corrected chi connectivity index (χ2v) is 10.0. The molecule has 19 N–H and O–H groups in total. The summed E-state index contributed by atoms with van der Waals surface area (Å²) < 4.78 is 0. The predicted molar refractivity (Wildman–Crippen MR) is 166 cm³/mol. The lowest BCUT2D eigenvalue weighted by molar-refractivity contribution is -0.142. The van der Waals surface area contributed by atoms with Crippen molar-refractivity contribution in [3.8, 4) is 0 Å². The van der Waals surface area contributed by atoms with E-state index in [-0.39, 0.29) is 76.5 Å². The largest absolute Gasteiger partial charge is 0.480 e. The molecule has 0 bridgehead atoms. The first-order valence-corrected chi connectivity index (χ1v) is 14.4. The van der Waals surface area contributed by atoms with Crippen LogP contribution in [0.25, 0.3) is 0 Å². The van der Waals surface area contributed by atoms with Gasteiger partial charge in [0.1, 0.15) is 24.2 Å². The number of unbranched alkanes of at least 4 members (excludes halogenated alkanes) is 1. The highest BCUT2D eigenvalue weighted by Crippen LogP contribution is 2.07. The lowest BCUT2D eigenvalue weighted by Gasteiger charge is -2.26. The van der Waals surface area contributed by atoms with E-state index in [9.17, 15) is 33.9 Å². The Morgan fingerprint density at radius 2 is 1.00 bits per heavy atom. The normalized spacial score (nSPS) is 13.2. The Balaban J connectivity index is 5.96. The topological polar surface area (TPSA) is 378 Å². The summed E-state index contributed by atoms with van der Waals surface area (Å²) >= 11 is 0. The number of carbonyl (C=O) groups excluding carboxylic acids is 5. The SMILES string of the molecule is NCCCC[C@H](NC(=O)CN)C(=O)N[C@@H](CCC(N)=O)C(=O)N[C@@H](CCCN=C(N)N)C(=O)N[C@@H](CCCN=C(N)N)C(=O)O. The molecule has 0 aromatic rings. The minimum atomic E-state index is -1.36. The van der Waals surface area contributed by atoms with Gasteiger partial charge in [0.05, 0.1) is 6.54 Å². The van der Waals surface area contributed by atoms with Crippen LogP contribution in [0.3, 0.4) is 0 Å². The molecule has 0 radical (unpaired) electrons. The first-order chi connectivity index (χ1) is 21.2. The molecule has 0 fully saturated rings. The minimum Gasteiger partial charge on any atom is -0.480 e. The van der Waals surface area contributed by atoms with E-state index in [1.54, 1.807) is 0 Å². The molecule has 0 spiro atoms. The number of nitrogens with zero attached hydrogens (tertiary/aromatic N) is 2. The van der Waals surface area contributed by atoms with E-state index in [0.29, 0.717) is 19.4 Å². The summed E-state index contributed by atoms with van der Waals surface area (Å²) in [6.07, 6.45) is 1.07. The fourth-order valence-corrected chi connectivity index (χ4v) is 3.92. The molecule has 45 heavy (non-hydrogen) atoms. The molecular weight excluding hydrogens is 594 g/mol. The lowest BCUT2D eigenvalue weighted by atomic mass is 10.0. The number of amides is 5. The Morgan fingerprint density at radius 3 is 1.42 bits per heavy atom. The summed E-state index contributed by atoms with van der Waals surface area (Å²) in [4.78, 5) is 82.6. The molecule has 0 heterocycles. The van der Waals surface area contributed by atoms with Crippen LogP contribution in [0.2, 0.25) is 0 Å². The Morgan fingerprint density at radius 1 is 0.578 bits per heavy atom. The van der Waals surface area contributed by atoms with Crippen molar-refractivity contribution in [2.45, 2.75) is 82.0 Å². The molecule has 5 amide bonds. The van der Waals surface area contributed by atoms with Crippen molar-refractivity contribution in [2.24, 2.45) is 50.1 Å². The number of hydrogen-bond acceptors (Lipinski definition) is 10. The van der Waals surface area contributed by atoms with Gasteiger partial charge in [0.25, 0.3) is 0 Å². The van der Waals surface area contributed by atoms with Crippen molar-refractivity contribution >= 4 is 47.4 Å². The van der Waals surface area contributed by atoms with Gasteiger partial charge in [0.2, 0.25) is 29.5 Å². The number of nitrogens with two attached hydrogens (primary N) is 7. The van der Waals surface area contributed by atoms with Crippen LogP contribution in [-0.4, -0.2) is 103 Å². The summed E-state index contributed by atoms with van der Waals surface area (Å²) in [5.41, 5.74) is 37.4. The van der Waals surface area contributed by atoms with Gasteiger partial charge in [-0.15, -0.1) is 0 Å². The number of primary amides is 1. The monoisotopic (exact) mass is 643 g/mol. The Bertz CT molecular complexity index is 1050. The average Bonchev–Trinajstić information content (AvgIpc) is 2.96. The zero-order valence-corrected chi connectivity index (χ0v) is 25.3. The van der Waals surface area contributed by atoms with Crippen molar-refractivity contribution in [2.75, 3.05) is 26.2 Å². The number of aliphatic carboxylic acids is 1. The highest BCUT2D eigenvalue weighted by Gasteiger charge is 2.31. The molecule has 0 aliphatic carbocycles. The fraction of sp³-hybridized carbons (Fsp3) is 0.680. The van der Waals surface area contributed by atoms with Gasteiger partial charge in [0.15, 0.2) is 11.9 Å². The highest BCUT2D eigenvalue weighted by molar-refractivity contribution is 5.95. The third-order valence-corrected chi connectivity index (χ3v) is 6.23. The van der Waals surface area contributed by atoms with Gasteiger partial charge in [-0.25, -0.2) is 4.79 Å². The molecule has 0 aromatic heterocycles. The molecule has 20 heteroatoms. The number of carbonyl (C=O) groups is 6. The van der Waals surface area contributed by atoms with E-state index in [4.69, 9.17) is 40.1 Å². The second-order valence-electron chi connectivity index (χ2n) is 10.0. The number of nitrogens with one attached hydrogen (secondary N) is 4. The van der Waals surface area contributed by atoms with Gasteiger partial charge < -0.3 is 66.5 Å². The first kappa shape index (κ1) is 40.3. The maximum Gasteiger partial charge on any atom is 0.326 e. The molecule has 0 saturated heterocycles. The standard InChI is InChI=1S/C25H49N13O7/c26-10-2-1-5-14(35-19(40)13-27)20(41)37-16(8-9-18(28)39)22(43)36-15(6-3-11-33-24(29)30)21(42)38-17(23(44)45)7-4-12-34-25(31)32/h14-17H,1-13,26-27H2,(H2,28,39)(H,35,40)(H,36,43)(H,37,41)(H,38,42)(H,44,45)(H4,29,30,33)(H4,31,32,34)/t14-,15-,16-,17-/m0/s1. The van der Waals surface area contributed by atoms with Gasteiger partial charge in [0, 0.05) is 19.5 Å². The summed E-state index contributed by atoms with van der Waals surface area (Å²) in [5, 5.41) is 19.5. The maximum absolute atomic E-state index is 13.4. The summed E-state index contributed by atoms with van der Waals surface area (Å²) in [5.74, 6) is -5.49. The van der Waals surface area contributed by atoms with Crippen LogP contribution in [0.4, 0.5) is 0 Å². The summed E-state index contributed by atoms with van der Waals surface area (Å²) in [7, 11) is 0. The Hall–Kier alpha value is -4.72. The van der Waals surface area contributed by atoms with Crippen LogP contribution in [0, 0.1) is 0 Å². The molecule has 0 saturated carbocycles. The molecule has 0 aromatic carbocycles. The van der Waals surface area contributed by atoms with Crippen molar-refractivity contribution in [3.63, 3.8) is 0 Å². The van der Waals surface area contributed by atoms with Crippen LogP contribution in [0.1, 0.15) is 57.8 Å². The number of carboxylic acid groups (broad SMARTS) is 1. The van der Waals surface area contributed by atoms with Gasteiger partial charge in [-0.05, 0) is 57.9 Å². The first-order valence-electron chi connectivity index (χ1n) is 14.4. The quantitative estimate of drug-likeness (QED) is 0.0265. The molecule has 0 unspecified atom stereocenters.